The standard InChI is InChI=1S/C21H21F4N5O4/c1-4-29-16(10-31)28-30(20(29)33)17-14(22)9-13(19(27-17)34-12(3)21(23,24)25)18(32)26-15-8-6-5-7-11(15)2/h5-9,12,31H,4,10H2,1-3H3,(H,26,32). The molecule has 0 saturated carbocycles. The van der Waals surface area contributed by atoms with Crippen LogP contribution < -0.4 is 15.7 Å². The molecular formula is C21H21F4N5O4. The van der Waals surface area contributed by atoms with Gasteiger partial charge < -0.3 is 15.2 Å². The normalized spacial score (nSPS) is 12.5. The van der Waals surface area contributed by atoms with Crippen LogP contribution in [0.1, 0.15) is 35.6 Å². The third-order valence-electron chi connectivity index (χ3n) is 4.91. The number of nitrogens with zero attached hydrogens (tertiary/aromatic N) is 4. The summed E-state index contributed by atoms with van der Waals surface area (Å²) in [4.78, 5) is 29.1. The predicted octanol–water partition coefficient (Wildman–Crippen LogP) is 2.97. The van der Waals surface area contributed by atoms with Crippen LogP contribution in [0.3, 0.4) is 0 Å². The maximum absolute atomic E-state index is 15.0. The number of hydrogen-bond donors (Lipinski definition) is 2. The summed E-state index contributed by atoms with van der Waals surface area (Å²) in [7, 11) is 0. The zero-order chi connectivity index (χ0) is 25.2. The number of amides is 1. The zero-order valence-electron chi connectivity index (χ0n) is 18.4. The van der Waals surface area contributed by atoms with Gasteiger partial charge in [0.25, 0.3) is 5.91 Å². The van der Waals surface area contributed by atoms with E-state index in [4.69, 9.17) is 4.74 Å². The Kier molecular flexibility index (Phi) is 7.05. The van der Waals surface area contributed by atoms with Gasteiger partial charge in [-0.1, -0.05) is 18.2 Å². The molecule has 0 bridgehead atoms. The highest BCUT2D eigenvalue weighted by Gasteiger charge is 2.39. The van der Waals surface area contributed by atoms with Gasteiger partial charge in [-0.15, -0.1) is 5.10 Å². The monoisotopic (exact) mass is 483 g/mol. The lowest BCUT2D eigenvalue weighted by atomic mass is 10.2. The van der Waals surface area contributed by atoms with Crippen LogP contribution >= 0.6 is 0 Å². The number of pyridine rings is 1. The van der Waals surface area contributed by atoms with Gasteiger partial charge in [-0.25, -0.2) is 9.18 Å². The van der Waals surface area contributed by atoms with Crippen LogP contribution in [-0.2, 0) is 13.2 Å². The Morgan fingerprint density at radius 2 is 1.97 bits per heavy atom. The molecule has 2 heterocycles. The number of aryl methyl sites for hydroxylation is 1. The molecule has 0 aliphatic heterocycles. The molecule has 1 atom stereocenters. The van der Waals surface area contributed by atoms with Crippen molar-refractivity contribution in [3.63, 3.8) is 0 Å². The number of hydrogen-bond acceptors (Lipinski definition) is 6. The van der Waals surface area contributed by atoms with Gasteiger partial charge in [0.2, 0.25) is 5.88 Å². The number of aliphatic hydroxyl groups is 1. The second kappa shape index (κ2) is 9.63. The van der Waals surface area contributed by atoms with Crippen LogP contribution in [0, 0.1) is 12.7 Å². The lowest BCUT2D eigenvalue weighted by molar-refractivity contribution is -0.190. The van der Waals surface area contributed by atoms with E-state index in [1.807, 2.05) is 0 Å². The first-order chi connectivity index (χ1) is 16.0. The minimum Gasteiger partial charge on any atom is -0.464 e. The third-order valence-corrected chi connectivity index (χ3v) is 4.91. The van der Waals surface area contributed by atoms with Crippen molar-refractivity contribution in [2.24, 2.45) is 0 Å². The highest BCUT2D eigenvalue weighted by Crippen LogP contribution is 2.28. The van der Waals surface area contributed by atoms with Crippen molar-refractivity contribution in [3.05, 3.63) is 63.6 Å². The van der Waals surface area contributed by atoms with Crippen LogP contribution in [0.25, 0.3) is 5.82 Å². The topological polar surface area (TPSA) is 111 Å². The number of carbonyl (C=O) groups excluding carboxylic acids is 1. The Bertz CT molecular complexity index is 1270. The molecular weight excluding hydrogens is 462 g/mol. The number of aliphatic hydroxyl groups excluding tert-OH is 1. The average molecular weight is 483 g/mol. The Balaban J connectivity index is 2.14. The quantitative estimate of drug-likeness (QED) is 0.500. The molecule has 2 aromatic heterocycles. The van der Waals surface area contributed by atoms with Crippen LogP contribution in [0.15, 0.2) is 35.1 Å². The minimum atomic E-state index is -4.81. The van der Waals surface area contributed by atoms with Gasteiger partial charge in [0.15, 0.2) is 23.6 Å². The average Bonchev–Trinajstić information content (AvgIpc) is 3.10. The molecule has 1 aromatic carbocycles. The van der Waals surface area contributed by atoms with Crippen LogP contribution in [0.4, 0.5) is 23.2 Å². The summed E-state index contributed by atoms with van der Waals surface area (Å²) >= 11 is 0. The van der Waals surface area contributed by atoms with E-state index in [0.717, 1.165) is 4.57 Å². The first-order valence-electron chi connectivity index (χ1n) is 10.1. The van der Waals surface area contributed by atoms with Gasteiger partial charge in [-0.3, -0.25) is 9.36 Å². The summed E-state index contributed by atoms with van der Waals surface area (Å²) in [6.07, 6.45) is -7.22. The summed E-state index contributed by atoms with van der Waals surface area (Å²) in [5, 5.41) is 15.7. The number of para-hydroxylation sites is 1. The molecule has 0 saturated heterocycles. The van der Waals surface area contributed by atoms with Crippen molar-refractivity contribution in [1.29, 1.82) is 0 Å². The van der Waals surface area contributed by atoms with E-state index in [-0.39, 0.29) is 12.4 Å². The number of ether oxygens (including phenoxy) is 1. The Labute approximate surface area is 190 Å². The number of nitrogens with one attached hydrogen (secondary N) is 1. The van der Waals surface area contributed by atoms with Gasteiger partial charge in [-0.2, -0.15) is 22.8 Å². The van der Waals surface area contributed by atoms with Crippen molar-refractivity contribution >= 4 is 11.6 Å². The summed E-state index contributed by atoms with van der Waals surface area (Å²) in [5.74, 6) is -3.94. The predicted molar refractivity (Wildman–Crippen MR) is 112 cm³/mol. The molecule has 2 N–H and O–H groups in total. The fourth-order valence-electron chi connectivity index (χ4n) is 3.01. The zero-order valence-corrected chi connectivity index (χ0v) is 18.4. The van der Waals surface area contributed by atoms with Crippen molar-refractivity contribution < 1.29 is 32.2 Å². The third kappa shape index (κ3) is 4.93. The van der Waals surface area contributed by atoms with Gasteiger partial charge in [0.05, 0.1) is 0 Å². The van der Waals surface area contributed by atoms with E-state index >= 15 is 4.39 Å². The molecule has 9 nitrogen and oxygen atoms in total. The highest BCUT2D eigenvalue weighted by molar-refractivity contribution is 6.06. The molecule has 3 rings (SSSR count). The van der Waals surface area contributed by atoms with Gasteiger partial charge in [0, 0.05) is 12.2 Å². The van der Waals surface area contributed by atoms with E-state index in [1.165, 1.54) is 0 Å². The van der Waals surface area contributed by atoms with Crippen molar-refractivity contribution in [2.45, 2.75) is 46.2 Å². The fourth-order valence-corrected chi connectivity index (χ4v) is 3.01. The number of rotatable bonds is 7. The summed E-state index contributed by atoms with van der Waals surface area (Å²) in [6.45, 7) is 3.39. The SMILES string of the molecule is CCn1c(CO)nn(-c2nc(OC(C)C(F)(F)F)c(C(=O)Nc3ccccc3C)cc2F)c1=O. The summed E-state index contributed by atoms with van der Waals surface area (Å²) < 4.78 is 60.9. The largest absolute Gasteiger partial charge is 0.464 e. The maximum Gasteiger partial charge on any atom is 0.425 e. The minimum absolute atomic E-state index is 0.0850. The molecule has 13 heteroatoms. The molecule has 182 valence electrons. The number of benzene rings is 1. The number of alkyl halides is 3. The smallest absolute Gasteiger partial charge is 0.425 e. The lowest BCUT2D eigenvalue weighted by Gasteiger charge is -2.19. The van der Waals surface area contributed by atoms with Gasteiger partial charge in [0.1, 0.15) is 12.2 Å². The second-order valence-electron chi connectivity index (χ2n) is 7.23. The number of anilines is 1. The number of carbonyl (C=O) groups is 1. The molecule has 1 unspecified atom stereocenters. The molecule has 34 heavy (non-hydrogen) atoms. The van der Waals surface area contributed by atoms with Gasteiger partial charge >= 0.3 is 11.9 Å². The Morgan fingerprint density at radius 3 is 2.53 bits per heavy atom. The van der Waals surface area contributed by atoms with E-state index in [2.05, 4.69) is 15.4 Å². The van der Waals surface area contributed by atoms with E-state index in [1.54, 1.807) is 38.1 Å². The molecule has 1 amide bonds. The molecule has 0 spiro atoms. The van der Waals surface area contributed by atoms with Crippen molar-refractivity contribution in [1.82, 2.24) is 19.3 Å². The fraction of sp³-hybridized carbons (Fsp3) is 0.333. The maximum atomic E-state index is 15.0. The highest BCUT2D eigenvalue weighted by atomic mass is 19.4. The molecule has 0 fully saturated rings. The number of aromatic nitrogens is 4. The molecule has 3 aromatic rings. The van der Waals surface area contributed by atoms with E-state index in [9.17, 15) is 27.9 Å². The summed E-state index contributed by atoms with van der Waals surface area (Å²) in [5.41, 5.74) is -0.506. The molecule has 0 radical (unpaired) electrons. The lowest BCUT2D eigenvalue weighted by Crippen LogP contribution is -2.33. The summed E-state index contributed by atoms with van der Waals surface area (Å²) in [6, 6.07) is 7.20. The van der Waals surface area contributed by atoms with E-state index < -0.39 is 53.6 Å². The Morgan fingerprint density at radius 1 is 1.29 bits per heavy atom. The first-order valence-corrected chi connectivity index (χ1v) is 10.1. The van der Waals surface area contributed by atoms with Crippen molar-refractivity contribution in [2.75, 3.05) is 5.32 Å². The molecule has 0 aliphatic carbocycles. The van der Waals surface area contributed by atoms with E-state index in [0.29, 0.717) is 28.9 Å². The second-order valence-corrected chi connectivity index (χ2v) is 7.23. The molecule has 0 aliphatic rings. The van der Waals surface area contributed by atoms with Crippen LogP contribution in [0.5, 0.6) is 5.88 Å². The first kappa shape index (κ1) is 24.9. The van der Waals surface area contributed by atoms with Crippen LogP contribution in [-0.4, -0.2) is 42.6 Å². The van der Waals surface area contributed by atoms with Crippen molar-refractivity contribution in [3.8, 4) is 11.7 Å². The Hall–Kier alpha value is -3.74. The van der Waals surface area contributed by atoms with Crippen LogP contribution in [0.2, 0.25) is 0 Å². The number of halogens is 4. The van der Waals surface area contributed by atoms with Gasteiger partial charge in [-0.05, 0) is 38.5 Å².